The summed E-state index contributed by atoms with van der Waals surface area (Å²) in [6.07, 6.45) is 2.35. The van der Waals surface area contributed by atoms with Gasteiger partial charge in [0.15, 0.2) is 0 Å². The predicted molar refractivity (Wildman–Crippen MR) is 170 cm³/mol. The maximum atomic E-state index is 11.7. The van der Waals surface area contributed by atoms with Gasteiger partial charge in [-0.2, -0.15) is 0 Å². The number of amides is 1. The Morgan fingerprint density at radius 2 is 1.74 bits per heavy atom. The molecule has 0 saturated carbocycles. The van der Waals surface area contributed by atoms with E-state index in [-0.39, 0.29) is 11.3 Å². The van der Waals surface area contributed by atoms with Crippen molar-refractivity contribution in [3.05, 3.63) is 82.0 Å². The molecule has 222 valence electrons. The summed E-state index contributed by atoms with van der Waals surface area (Å²) in [5.74, 6) is 1.47. The van der Waals surface area contributed by atoms with Crippen LogP contribution in [0.1, 0.15) is 17.5 Å². The zero-order valence-electron chi connectivity index (χ0n) is 24.3. The van der Waals surface area contributed by atoms with Crippen LogP contribution in [0, 0.1) is 5.41 Å². The highest BCUT2D eigenvalue weighted by atomic mass is 35.5. The number of rotatable bonds is 9. The first-order valence-corrected chi connectivity index (χ1v) is 14.9. The van der Waals surface area contributed by atoms with E-state index in [2.05, 4.69) is 26.6 Å². The fourth-order valence-corrected chi connectivity index (χ4v) is 6.81. The standard InChI is InChI=1S/C33H33Cl2N5O3/c1-36-15-21-9-10-26(39-32(21)43-3)25-6-4-5-23(29(25)34)24-11-12-37-31(30(24)35)20-7-8-22(27(13-20)42-2)16-40-18-33(19-40)14-28(41)38-17-33/h4-13,36H,14-19H2,1-3H3,(H,38,41). The van der Waals surface area contributed by atoms with Crippen molar-refractivity contribution in [2.24, 2.45) is 5.41 Å². The van der Waals surface area contributed by atoms with Crippen LogP contribution in [-0.4, -0.2) is 61.7 Å². The number of aromatic nitrogens is 2. The number of benzene rings is 2. The predicted octanol–water partition coefficient (Wildman–Crippen LogP) is 5.84. The lowest BCUT2D eigenvalue weighted by atomic mass is 9.79. The summed E-state index contributed by atoms with van der Waals surface area (Å²) in [7, 11) is 5.16. The fourth-order valence-electron chi connectivity index (χ4n) is 6.16. The quantitative estimate of drug-likeness (QED) is 0.244. The molecule has 2 aliphatic heterocycles. The molecule has 0 bridgehead atoms. The topological polar surface area (TPSA) is 88.6 Å². The molecule has 8 nitrogen and oxygen atoms in total. The number of methoxy groups -OCH3 is 2. The van der Waals surface area contributed by atoms with E-state index in [4.69, 9.17) is 37.7 Å². The zero-order valence-corrected chi connectivity index (χ0v) is 25.9. The molecular weight excluding hydrogens is 585 g/mol. The van der Waals surface area contributed by atoms with Crippen LogP contribution in [0.25, 0.3) is 33.6 Å². The molecule has 0 unspecified atom stereocenters. The Kier molecular flexibility index (Phi) is 8.29. The molecule has 2 fully saturated rings. The van der Waals surface area contributed by atoms with Crippen LogP contribution in [0.2, 0.25) is 10.0 Å². The normalized spacial score (nSPS) is 15.8. The molecular formula is C33H33Cl2N5O3. The van der Waals surface area contributed by atoms with Crippen LogP contribution in [-0.2, 0) is 17.9 Å². The molecule has 2 N–H and O–H groups in total. The van der Waals surface area contributed by atoms with Gasteiger partial charge >= 0.3 is 0 Å². The number of hydrogen-bond donors (Lipinski definition) is 2. The van der Waals surface area contributed by atoms with Gasteiger partial charge in [0.1, 0.15) is 5.75 Å². The summed E-state index contributed by atoms with van der Waals surface area (Å²) in [6, 6.07) is 17.7. The molecule has 6 rings (SSSR count). The Balaban J connectivity index is 1.28. The molecule has 43 heavy (non-hydrogen) atoms. The lowest BCUT2D eigenvalue weighted by Crippen LogP contribution is -2.56. The number of hydrogen-bond acceptors (Lipinski definition) is 7. The zero-order chi connectivity index (χ0) is 30.1. The minimum Gasteiger partial charge on any atom is -0.496 e. The number of ether oxygens (including phenoxy) is 2. The third kappa shape index (κ3) is 5.68. The highest BCUT2D eigenvalue weighted by Gasteiger charge is 2.47. The molecule has 4 heterocycles. The van der Waals surface area contributed by atoms with Gasteiger partial charge in [-0.3, -0.25) is 14.7 Å². The average molecular weight is 619 g/mol. The van der Waals surface area contributed by atoms with E-state index in [0.717, 1.165) is 65.3 Å². The second-order valence-electron chi connectivity index (χ2n) is 11.2. The number of likely N-dealkylation sites (tertiary alicyclic amines) is 1. The van der Waals surface area contributed by atoms with Crippen molar-refractivity contribution in [1.29, 1.82) is 0 Å². The van der Waals surface area contributed by atoms with Gasteiger partial charge in [0, 0.05) is 84.1 Å². The van der Waals surface area contributed by atoms with Gasteiger partial charge in [-0.1, -0.05) is 59.6 Å². The minimum absolute atomic E-state index is 0.0822. The minimum atomic E-state index is 0.0822. The van der Waals surface area contributed by atoms with Crippen molar-refractivity contribution < 1.29 is 14.3 Å². The SMILES string of the molecule is CNCc1ccc(-c2cccc(-c3ccnc(-c4ccc(CN5CC6(CNC(=O)C6)C5)c(OC)c4)c3Cl)c2Cl)nc1OC. The molecule has 0 atom stereocenters. The largest absolute Gasteiger partial charge is 0.496 e. The molecule has 4 aromatic rings. The van der Waals surface area contributed by atoms with Gasteiger partial charge in [-0.25, -0.2) is 4.98 Å². The van der Waals surface area contributed by atoms with Crippen molar-refractivity contribution in [1.82, 2.24) is 25.5 Å². The summed E-state index contributed by atoms with van der Waals surface area (Å²) in [6.45, 7) is 3.95. The number of nitrogens with zero attached hydrogens (tertiary/aromatic N) is 3. The van der Waals surface area contributed by atoms with E-state index in [1.807, 2.05) is 55.6 Å². The van der Waals surface area contributed by atoms with Crippen LogP contribution in [0.5, 0.6) is 11.6 Å². The van der Waals surface area contributed by atoms with E-state index in [9.17, 15) is 4.79 Å². The van der Waals surface area contributed by atoms with E-state index in [1.54, 1.807) is 20.4 Å². The summed E-state index contributed by atoms with van der Waals surface area (Å²) < 4.78 is 11.3. The van der Waals surface area contributed by atoms with E-state index >= 15 is 0 Å². The van der Waals surface area contributed by atoms with Crippen molar-refractivity contribution in [3.63, 3.8) is 0 Å². The lowest BCUT2D eigenvalue weighted by Gasteiger charge is -2.47. The highest BCUT2D eigenvalue weighted by molar-refractivity contribution is 6.39. The van der Waals surface area contributed by atoms with Crippen molar-refractivity contribution >= 4 is 29.1 Å². The summed E-state index contributed by atoms with van der Waals surface area (Å²) in [4.78, 5) is 23.4. The number of carbonyl (C=O) groups excluding carboxylic acids is 1. The monoisotopic (exact) mass is 617 g/mol. The van der Waals surface area contributed by atoms with Crippen molar-refractivity contribution in [2.75, 3.05) is 40.9 Å². The van der Waals surface area contributed by atoms with Gasteiger partial charge in [0.2, 0.25) is 11.8 Å². The molecule has 2 aromatic heterocycles. The fraction of sp³-hybridized carbons (Fsp3) is 0.303. The Morgan fingerprint density at radius 1 is 0.977 bits per heavy atom. The van der Waals surface area contributed by atoms with Crippen LogP contribution in [0.3, 0.4) is 0 Å². The first-order chi connectivity index (χ1) is 20.8. The highest BCUT2D eigenvalue weighted by Crippen LogP contribution is 2.43. The van der Waals surface area contributed by atoms with E-state index in [0.29, 0.717) is 40.3 Å². The second kappa shape index (κ2) is 12.1. The van der Waals surface area contributed by atoms with Gasteiger partial charge < -0.3 is 20.1 Å². The van der Waals surface area contributed by atoms with Crippen LogP contribution >= 0.6 is 23.2 Å². The Bertz CT molecular complexity index is 1690. The van der Waals surface area contributed by atoms with Gasteiger partial charge in [-0.15, -0.1) is 0 Å². The van der Waals surface area contributed by atoms with Crippen molar-refractivity contribution in [2.45, 2.75) is 19.5 Å². The maximum Gasteiger partial charge on any atom is 0.220 e. The smallest absolute Gasteiger partial charge is 0.220 e. The van der Waals surface area contributed by atoms with Gasteiger partial charge in [0.25, 0.3) is 0 Å². The van der Waals surface area contributed by atoms with Crippen LogP contribution in [0.15, 0.2) is 60.8 Å². The van der Waals surface area contributed by atoms with Crippen LogP contribution in [0.4, 0.5) is 0 Å². The summed E-state index contributed by atoms with van der Waals surface area (Å²) in [5, 5.41) is 7.13. The summed E-state index contributed by atoms with van der Waals surface area (Å²) >= 11 is 14.1. The third-order valence-corrected chi connectivity index (χ3v) is 9.01. The molecule has 10 heteroatoms. The third-order valence-electron chi connectivity index (χ3n) is 8.22. The molecule has 2 saturated heterocycles. The molecule has 0 aliphatic carbocycles. The number of nitrogens with one attached hydrogen (secondary N) is 2. The molecule has 0 radical (unpaired) electrons. The maximum absolute atomic E-state index is 11.7. The number of carbonyl (C=O) groups is 1. The average Bonchev–Trinajstić information content (AvgIpc) is 3.39. The molecule has 1 spiro atoms. The van der Waals surface area contributed by atoms with E-state index in [1.165, 1.54) is 0 Å². The van der Waals surface area contributed by atoms with Gasteiger partial charge in [-0.05, 0) is 25.2 Å². The molecule has 1 amide bonds. The van der Waals surface area contributed by atoms with Gasteiger partial charge in [0.05, 0.1) is 35.7 Å². The van der Waals surface area contributed by atoms with Crippen molar-refractivity contribution in [3.8, 4) is 45.3 Å². The molecule has 2 aliphatic rings. The Morgan fingerprint density at radius 3 is 2.47 bits per heavy atom. The first kappa shape index (κ1) is 29.4. The lowest BCUT2D eigenvalue weighted by molar-refractivity contribution is -0.120. The first-order valence-electron chi connectivity index (χ1n) is 14.1. The molecule has 2 aromatic carbocycles. The second-order valence-corrected chi connectivity index (χ2v) is 12.0. The Hall–Kier alpha value is -3.69. The Labute approximate surface area is 261 Å². The van der Waals surface area contributed by atoms with E-state index < -0.39 is 0 Å². The number of pyridine rings is 2. The summed E-state index contributed by atoms with van der Waals surface area (Å²) in [5.41, 5.74) is 6.63. The number of halogens is 2. The van der Waals surface area contributed by atoms with Crippen LogP contribution < -0.4 is 20.1 Å².